The molecule has 1 aliphatic carbocycles. The van der Waals surface area contributed by atoms with Crippen LogP contribution in [0.1, 0.15) is 40.0 Å². The van der Waals surface area contributed by atoms with Crippen molar-refractivity contribution in [2.24, 2.45) is 11.3 Å². The Hall–Kier alpha value is -0.440. The Labute approximate surface area is 64.0 Å². The molecular formula is C10H16. The Kier molecular flexibility index (Phi) is 2.04. The Morgan fingerprint density at radius 1 is 1.60 bits per heavy atom. The maximum atomic E-state index is 3.34. The molecule has 56 valence electrons. The second-order valence-electron chi connectivity index (χ2n) is 3.32. The lowest BCUT2D eigenvalue weighted by Crippen LogP contribution is -2.36. The minimum atomic E-state index is 0.411. The van der Waals surface area contributed by atoms with Gasteiger partial charge in [0.2, 0.25) is 0 Å². The Morgan fingerprint density at radius 3 is 2.40 bits per heavy atom. The van der Waals surface area contributed by atoms with Gasteiger partial charge in [-0.25, -0.2) is 0 Å². The largest absolute Gasteiger partial charge is 0.106 e. The van der Waals surface area contributed by atoms with Gasteiger partial charge in [-0.05, 0) is 32.1 Å². The van der Waals surface area contributed by atoms with Crippen molar-refractivity contribution in [3.8, 4) is 11.8 Å². The van der Waals surface area contributed by atoms with E-state index in [2.05, 4.69) is 25.7 Å². The maximum Gasteiger partial charge on any atom is 0.0337 e. The summed E-state index contributed by atoms with van der Waals surface area (Å²) in [5.74, 6) is 7.22. The summed E-state index contributed by atoms with van der Waals surface area (Å²) < 4.78 is 0. The minimum absolute atomic E-state index is 0.411. The molecule has 1 aliphatic rings. The Bertz CT molecular complexity index is 166. The monoisotopic (exact) mass is 136 g/mol. The van der Waals surface area contributed by atoms with Crippen LogP contribution in [0.4, 0.5) is 0 Å². The molecule has 0 heterocycles. The molecule has 0 saturated heterocycles. The van der Waals surface area contributed by atoms with Crippen molar-refractivity contribution in [2.75, 3.05) is 0 Å². The third-order valence-electron chi connectivity index (χ3n) is 2.97. The van der Waals surface area contributed by atoms with Crippen LogP contribution < -0.4 is 0 Å². The molecule has 1 rings (SSSR count). The first kappa shape index (κ1) is 7.66. The van der Waals surface area contributed by atoms with E-state index in [1.807, 2.05) is 6.92 Å². The smallest absolute Gasteiger partial charge is 0.0337 e. The van der Waals surface area contributed by atoms with Crippen LogP contribution in [0.3, 0.4) is 0 Å². The van der Waals surface area contributed by atoms with E-state index in [4.69, 9.17) is 0 Å². The summed E-state index contributed by atoms with van der Waals surface area (Å²) in [6.07, 6.45) is 3.93. The zero-order valence-electron chi connectivity index (χ0n) is 7.20. The molecule has 0 aromatic heterocycles. The van der Waals surface area contributed by atoms with E-state index in [1.54, 1.807) is 0 Å². The lowest BCUT2D eigenvalue weighted by Gasteiger charge is -2.43. The van der Waals surface area contributed by atoms with Gasteiger partial charge in [-0.2, -0.15) is 0 Å². The molecule has 10 heavy (non-hydrogen) atoms. The van der Waals surface area contributed by atoms with Gasteiger partial charge >= 0.3 is 0 Å². The van der Waals surface area contributed by atoms with Crippen LogP contribution in [-0.4, -0.2) is 0 Å². The van der Waals surface area contributed by atoms with Crippen molar-refractivity contribution in [2.45, 2.75) is 40.0 Å². The molecule has 0 radical (unpaired) electrons. The fourth-order valence-electron chi connectivity index (χ4n) is 1.83. The predicted octanol–water partition coefficient (Wildman–Crippen LogP) is 2.84. The highest BCUT2D eigenvalue weighted by Gasteiger charge is 2.40. The zero-order valence-corrected chi connectivity index (χ0v) is 7.20. The van der Waals surface area contributed by atoms with Crippen molar-refractivity contribution < 1.29 is 0 Å². The Morgan fingerprint density at radius 2 is 2.30 bits per heavy atom. The highest BCUT2D eigenvalue weighted by Crippen LogP contribution is 2.48. The van der Waals surface area contributed by atoms with Crippen molar-refractivity contribution in [1.29, 1.82) is 0 Å². The number of rotatable bonds is 1. The molecule has 0 spiro atoms. The van der Waals surface area contributed by atoms with Crippen LogP contribution in [0.5, 0.6) is 0 Å². The highest BCUT2D eigenvalue weighted by atomic mass is 14.4. The second-order valence-corrected chi connectivity index (χ2v) is 3.32. The van der Waals surface area contributed by atoms with E-state index in [0.717, 1.165) is 5.92 Å². The molecule has 0 aromatic carbocycles. The topological polar surface area (TPSA) is 0 Å². The van der Waals surface area contributed by atoms with Gasteiger partial charge in [0.15, 0.2) is 0 Å². The average molecular weight is 136 g/mol. The summed E-state index contributed by atoms with van der Waals surface area (Å²) in [5, 5.41) is 0. The van der Waals surface area contributed by atoms with Gasteiger partial charge < -0.3 is 0 Å². The molecule has 1 fully saturated rings. The lowest BCUT2D eigenvalue weighted by molar-refractivity contribution is 0.108. The predicted molar refractivity (Wildman–Crippen MR) is 44.6 cm³/mol. The summed E-state index contributed by atoms with van der Waals surface area (Å²) in [5.41, 5.74) is 0.411. The summed E-state index contributed by atoms with van der Waals surface area (Å²) >= 11 is 0. The van der Waals surface area contributed by atoms with Gasteiger partial charge in [0.25, 0.3) is 0 Å². The summed E-state index contributed by atoms with van der Waals surface area (Å²) in [4.78, 5) is 0. The molecule has 0 amide bonds. The standard InChI is InChI=1S/C10H16/c1-4-7-10(5-2)8-6-9(10)3/h9H,5-6,8H2,1-3H3. The molecule has 2 unspecified atom stereocenters. The number of hydrogen-bond donors (Lipinski definition) is 0. The van der Waals surface area contributed by atoms with E-state index in [1.165, 1.54) is 19.3 Å². The fourth-order valence-corrected chi connectivity index (χ4v) is 1.83. The van der Waals surface area contributed by atoms with E-state index < -0.39 is 0 Å². The van der Waals surface area contributed by atoms with E-state index >= 15 is 0 Å². The van der Waals surface area contributed by atoms with Gasteiger partial charge in [-0.1, -0.05) is 19.8 Å². The van der Waals surface area contributed by atoms with Gasteiger partial charge in [0.1, 0.15) is 0 Å². The van der Waals surface area contributed by atoms with Crippen molar-refractivity contribution >= 4 is 0 Å². The minimum Gasteiger partial charge on any atom is -0.106 e. The first-order chi connectivity index (χ1) is 4.75. The maximum absolute atomic E-state index is 3.34. The lowest BCUT2D eigenvalue weighted by atomic mass is 9.60. The zero-order chi connectivity index (χ0) is 7.61. The third-order valence-corrected chi connectivity index (χ3v) is 2.97. The van der Waals surface area contributed by atoms with Gasteiger partial charge in [-0.15, -0.1) is 5.92 Å². The third kappa shape index (κ3) is 0.944. The van der Waals surface area contributed by atoms with Crippen LogP contribution in [0.2, 0.25) is 0 Å². The molecule has 1 saturated carbocycles. The molecule has 0 aromatic rings. The molecular weight excluding hydrogens is 120 g/mol. The first-order valence-corrected chi connectivity index (χ1v) is 4.19. The Balaban J connectivity index is 2.66. The van der Waals surface area contributed by atoms with Crippen LogP contribution in [0, 0.1) is 23.2 Å². The van der Waals surface area contributed by atoms with Gasteiger partial charge in [0.05, 0.1) is 0 Å². The fraction of sp³-hybridized carbons (Fsp3) is 0.800. The molecule has 2 atom stereocenters. The van der Waals surface area contributed by atoms with Crippen LogP contribution >= 0.6 is 0 Å². The van der Waals surface area contributed by atoms with E-state index in [0.29, 0.717) is 5.41 Å². The van der Waals surface area contributed by atoms with Crippen LogP contribution in [0.15, 0.2) is 0 Å². The van der Waals surface area contributed by atoms with Gasteiger partial charge in [0, 0.05) is 5.41 Å². The first-order valence-electron chi connectivity index (χ1n) is 4.19. The van der Waals surface area contributed by atoms with E-state index in [9.17, 15) is 0 Å². The summed E-state index contributed by atoms with van der Waals surface area (Å²) in [6.45, 7) is 6.51. The molecule has 0 N–H and O–H groups in total. The van der Waals surface area contributed by atoms with Crippen molar-refractivity contribution in [3.63, 3.8) is 0 Å². The molecule has 0 heteroatoms. The number of hydrogen-bond acceptors (Lipinski definition) is 0. The van der Waals surface area contributed by atoms with Crippen LogP contribution in [-0.2, 0) is 0 Å². The van der Waals surface area contributed by atoms with Gasteiger partial charge in [-0.3, -0.25) is 0 Å². The SMILES string of the molecule is CC#CC1(CC)CCC1C. The van der Waals surface area contributed by atoms with E-state index in [-0.39, 0.29) is 0 Å². The summed E-state index contributed by atoms with van der Waals surface area (Å²) in [6, 6.07) is 0. The molecule has 0 nitrogen and oxygen atoms in total. The van der Waals surface area contributed by atoms with Crippen LogP contribution in [0.25, 0.3) is 0 Å². The average Bonchev–Trinajstić information content (AvgIpc) is 1.97. The van der Waals surface area contributed by atoms with Crippen molar-refractivity contribution in [3.05, 3.63) is 0 Å². The molecule has 0 aliphatic heterocycles. The van der Waals surface area contributed by atoms with Crippen molar-refractivity contribution in [1.82, 2.24) is 0 Å². The quantitative estimate of drug-likeness (QED) is 0.486. The summed E-state index contributed by atoms with van der Waals surface area (Å²) in [7, 11) is 0. The highest BCUT2D eigenvalue weighted by molar-refractivity contribution is 5.16. The normalized spacial score (nSPS) is 37.7. The molecule has 0 bridgehead atoms. The second kappa shape index (κ2) is 2.66.